The summed E-state index contributed by atoms with van der Waals surface area (Å²) in [5.41, 5.74) is 10.0. The van der Waals surface area contributed by atoms with Crippen LogP contribution >= 0.6 is 15.9 Å². The second-order valence-corrected chi connectivity index (χ2v) is 5.40. The molecule has 1 aromatic carbocycles. The van der Waals surface area contributed by atoms with Gasteiger partial charge in [0.25, 0.3) is 0 Å². The minimum Gasteiger partial charge on any atom is -0.397 e. The molecular weight excluding hydrogens is 302 g/mol. The fraction of sp³-hybridized carbons (Fsp3) is 0.267. The highest BCUT2D eigenvalue weighted by Gasteiger charge is 2.09. The number of aryl methyl sites for hydroxylation is 1. The lowest BCUT2D eigenvalue weighted by atomic mass is 10.2. The Morgan fingerprint density at radius 1 is 1.26 bits per heavy atom. The Balaban J connectivity index is 2.25. The largest absolute Gasteiger partial charge is 0.397 e. The van der Waals surface area contributed by atoms with E-state index >= 15 is 0 Å². The van der Waals surface area contributed by atoms with Crippen LogP contribution in [0.2, 0.25) is 0 Å². The average Bonchev–Trinajstić information content (AvgIpc) is 2.37. The molecule has 0 aliphatic carbocycles. The Labute approximate surface area is 122 Å². The van der Waals surface area contributed by atoms with Crippen LogP contribution < -0.4 is 10.6 Å². The summed E-state index contributed by atoms with van der Waals surface area (Å²) in [6.45, 7) is 5.79. The SMILES string of the molecule is CCN(Cc1cccc(C)n1)c1ccc(Br)cc1N. The predicted octanol–water partition coefficient (Wildman–Crippen LogP) is 3.76. The van der Waals surface area contributed by atoms with Gasteiger partial charge in [-0.15, -0.1) is 0 Å². The molecule has 100 valence electrons. The van der Waals surface area contributed by atoms with Crippen molar-refractivity contribution in [2.75, 3.05) is 17.2 Å². The number of anilines is 2. The van der Waals surface area contributed by atoms with Crippen LogP contribution in [0.3, 0.4) is 0 Å². The predicted molar refractivity (Wildman–Crippen MR) is 84.3 cm³/mol. The van der Waals surface area contributed by atoms with Gasteiger partial charge in [0.05, 0.1) is 23.6 Å². The number of benzene rings is 1. The molecule has 3 nitrogen and oxygen atoms in total. The fourth-order valence-corrected chi connectivity index (χ4v) is 2.44. The molecule has 1 aromatic heterocycles. The standard InChI is InChI=1S/C15H18BrN3/c1-3-19(10-13-6-4-5-11(2)18-13)15-8-7-12(16)9-14(15)17/h4-9H,3,10,17H2,1-2H3. The second-order valence-electron chi connectivity index (χ2n) is 4.49. The first-order chi connectivity index (χ1) is 9.10. The van der Waals surface area contributed by atoms with Crippen molar-refractivity contribution in [1.29, 1.82) is 0 Å². The van der Waals surface area contributed by atoms with Gasteiger partial charge in [0.15, 0.2) is 0 Å². The maximum Gasteiger partial charge on any atom is 0.0604 e. The number of hydrogen-bond donors (Lipinski definition) is 1. The molecule has 0 bridgehead atoms. The van der Waals surface area contributed by atoms with E-state index in [4.69, 9.17) is 5.73 Å². The maximum atomic E-state index is 6.09. The Bertz CT molecular complexity index is 569. The molecule has 4 heteroatoms. The van der Waals surface area contributed by atoms with E-state index in [9.17, 15) is 0 Å². The Kier molecular flexibility index (Phi) is 4.43. The van der Waals surface area contributed by atoms with E-state index in [0.29, 0.717) is 0 Å². The molecule has 0 fully saturated rings. The zero-order chi connectivity index (χ0) is 13.8. The smallest absolute Gasteiger partial charge is 0.0604 e. The van der Waals surface area contributed by atoms with Gasteiger partial charge in [0.1, 0.15) is 0 Å². The molecule has 0 saturated heterocycles. The van der Waals surface area contributed by atoms with Crippen LogP contribution in [0.15, 0.2) is 40.9 Å². The Morgan fingerprint density at radius 3 is 2.68 bits per heavy atom. The molecule has 0 unspecified atom stereocenters. The van der Waals surface area contributed by atoms with Crippen LogP contribution in [0.5, 0.6) is 0 Å². The van der Waals surface area contributed by atoms with Crippen LogP contribution in [0.4, 0.5) is 11.4 Å². The first-order valence-electron chi connectivity index (χ1n) is 6.32. The lowest BCUT2D eigenvalue weighted by Crippen LogP contribution is -2.23. The number of halogens is 1. The lowest BCUT2D eigenvalue weighted by molar-refractivity contribution is 0.807. The monoisotopic (exact) mass is 319 g/mol. The van der Waals surface area contributed by atoms with Crippen molar-refractivity contribution in [3.63, 3.8) is 0 Å². The summed E-state index contributed by atoms with van der Waals surface area (Å²) in [5, 5.41) is 0. The number of nitrogens with zero attached hydrogens (tertiary/aromatic N) is 2. The molecular formula is C15H18BrN3. The summed E-state index contributed by atoms with van der Waals surface area (Å²) in [6.07, 6.45) is 0. The first kappa shape index (κ1) is 13.9. The highest BCUT2D eigenvalue weighted by Crippen LogP contribution is 2.27. The van der Waals surface area contributed by atoms with Gasteiger partial charge < -0.3 is 10.6 Å². The van der Waals surface area contributed by atoms with Gasteiger partial charge in [0.2, 0.25) is 0 Å². The van der Waals surface area contributed by atoms with Crippen molar-refractivity contribution < 1.29 is 0 Å². The highest BCUT2D eigenvalue weighted by atomic mass is 79.9. The van der Waals surface area contributed by atoms with Gasteiger partial charge in [-0.2, -0.15) is 0 Å². The molecule has 0 atom stereocenters. The number of hydrogen-bond acceptors (Lipinski definition) is 3. The average molecular weight is 320 g/mol. The fourth-order valence-electron chi connectivity index (χ4n) is 2.06. The van der Waals surface area contributed by atoms with Crippen molar-refractivity contribution in [3.05, 3.63) is 52.3 Å². The van der Waals surface area contributed by atoms with Crippen molar-refractivity contribution in [2.24, 2.45) is 0 Å². The van der Waals surface area contributed by atoms with E-state index in [1.165, 1.54) is 0 Å². The van der Waals surface area contributed by atoms with Crippen LogP contribution in [0, 0.1) is 6.92 Å². The van der Waals surface area contributed by atoms with Crippen molar-refractivity contribution >= 4 is 27.3 Å². The number of nitrogen functional groups attached to an aromatic ring is 1. The highest BCUT2D eigenvalue weighted by molar-refractivity contribution is 9.10. The van der Waals surface area contributed by atoms with Gasteiger partial charge in [-0.3, -0.25) is 4.98 Å². The molecule has 0 aliphatic heterocycles. The van der Waals surface area contributed by atoms with E-state index in [1.54, 1.807) is 0 Å². The lowest BCUT2D eigenvalue weighted by Gasteiger charge is -2.24. The maximum absolute atomic E-state index is 6.09. The van der Waals surface area contributed by atoms with Crippen molar-refractivity contribution in [3.8, 4) is 0 Å². The molecule has 2 N–H and O–H groups in total. The van der Waals surface area contributed by atoms with E-state index < -0.39 is 0 Å². The second kappa shape index (κ2) is 6.06. The first-order valence-corrected chi connectivity index (χ1v) is 7.12. The van der Waals surface area contributed by atoms with E-state index in [2.05, 4.69) is 32.7 Å². The normalized spacial score (nSPS) is 10.5. The number of pyridine rings is 1. The molecule has 0 saturated carbocycles. The molecule has 2 aromatic rings. The zero-order valence-corrected chi connectivity index (χ0v) is 12.8. The molecule has 0 radical (unpaired) electrons. The van der Waals surface area contributed by atoms with Gasteiger partial charge in [-0.1, -0.05) is 22.0 Å². The van der Waals surface area contributed by atoms with Crippen LogP contribution in [0.25, 0.3) is 0 Å². The number of nitrogens with two attached hydrogens (primary N) is 1. The summed E-state index contributed by atoms with van der Waals surface area (Å²) < 4.78 is 0.999. The Morgan fingerprint density at radius 2 is 2.05 bits per heavy atom. The summed E-state index contributed by atoms with van der Waals surface area (Å²) in [5.74, 6) is 0. The topological polar surface area (TPSA) is 42.2 Å². The van der Waals surface area contributed by atoms with E-state index in [-0.39, 0.29) is 0 Å². The summed E-state index contributed by atoms with van der Waals surface area (Å²) >= 11 is 3.43. The minimum atomic E-state index is 0.768. The summed E-state index contributed by atoms with van der Waals surface area (Å²) in [7, 11) is 0. The number of aromatic nitrogens is 1. The van der Waals surface area contributed by atoms with Gasteiger partial charge in [-0.05, 0) is 44.2 Å². The zero-order valence-electron chi connectivity index (χ0n) is 11.2. The van der Waals surface area contributed by atoms with Gasteiger partial charge in [-0.25, -0.2) is 0 Å². The van der Waals surface area contributed by atoms with Crippen LogP contribution in [-0.4, -0.2) is 11.5 Å². The molecule has 0 aliphatic rings. The van der Waals surface area contributed by atoms with Crippen LogP contribution in [-0.2, 0) is 6.54 Å². The molecule has 19 heavy (non-hydrogen) atoms. The Hall–Kier alpha value is -1.55. The van der Waals surface area contributed by atoms with Gasteiger partial charge >= 0.3 is 0 Å². The quantitative estimate of drug-likeness (QED) is 0.872. The van der Waals surface area contributed by atoms with Crippen LogP contribution in [0.1, 0.15) is 18.3 Å². The van der Waals surface area contributed by atoms with E-state index in [1.807, 2.05) is 43.3 Å². The third-order valence-electron chi connectivity index (χ3n) is 3.01. The number of rotatable bonds is 4. The molecule has 1 heterocycles. The van der Waals surface area contributed by atoms with Gasteiger partial charge in [0, 0.05) is 16.7 Å². The molecule has 0 spiro atoms. The summed E-state index contributed by atoms with van der Waals surface area (Å²) in [6, 6.07) is 12.1. The summed E-state index contributed by atoms with van der Waals surface area (Å²) in [4.78, 5) is 6.77. The van der Waals surface area contributed by atoms with E-state index in [0.717, 1.165) is 40.3 Å². The van der Waals surface area contributed by atoms with Crippen molar-refractivity contribution in [1.82, 2.24) is 4.98 Å². The third kappa shape index (κ3) is 3.47. The molecule has 0 amide bonds. The third-order valence-corrected chi connectivity index (χ3v) is 3.50. The minimum absolute atomic E-state index is 0.768. The van der Waals surface area contributed by atoms with Crippen molar-refractivity contribution in [2.45, 2.75) is 20.4 Å². The molecule has 2 rings (SSSR count).